The molecule has 0 radical (unpaired) electrons. The minimum atomic E-state index is -0.455. The number of ether oxygens (including phenoxy) is 1. The Morgan fingerprint density at radius 1 is 1.69 bits per heavy atom. The molecule has 1 rings (SSSR count). The van der Waals surface area contributed by atoms with Gasteiger partial charge in [-0.25, -0.2) is 4.98 Å². The van der Waals surface area contributed by atoms with Crippen molar-refractivity contribution in [2.75, 3.05) is 18.6 Å². The lowest BCUT2D eigenvalue weighted by molar-refractivity contribution is -0.128. The van der Waals surface area contributed by atoms with E-state index in [-0.39, 0.29) is 5.91 Å². The van der Waals surface area contributed by atoms with E-state index in [0.717, 1.165) is 4.47 Å². The predicted molar refractivity (Wildman–Crippen MR) is 66.4 cm³/mol. The van der Waals surface area contributed by atoms with Crippen LogP contribution in [0.15, 0.2) is 22.8 Å². The van der Waals surface area contributed by atoms with Gasteiger partial charge < -0.3 is 4.74 Å². The Morgan fingerprint density at radius 2 is 2.38 bits per heavy atom. The van der Waals surface area contributed by atoms with Crippen LogP contribution in [0.2, 0.25) is 0 Å². The highest BCUT2D eigenvalue weighted by molar-refractivity contribution is 9.10. The second-order valence-corrected chi connectivity index (χ2v) is 4.16. The van der Waals surface area contributed by atoms with Gasteiger partial charge in [-0.05, 0) is 41.9 Å². The van der Waals surface area contributed by atoms with Crippen molar-refractivity contribution in [3.63, 3.8) is 0 Å². The average Bonchev–Trinajstić information content (AvgIpc) is 2.28. The zero-order valence-electron chi connectivity index (χ0n) is 9.61. The monoisotopic (exact) mass is 286 g/mol. The fourth-order valence-electron chi connectivity index (χ4n) is 1.32. The van der Waals surface area contributed by atoms with Crippen LogP contribution in [-0.2, 0) is 9.53 Å². The molecule has 88 valence electrons. The maximum absolute atomic E-state index is 11.9. The largest absolute Gasteiger partial charge is 0.369 e. The molecule has 0 fully saturated rings. The Labute approximate surface area is 104 Å². The zero-order valence-corrected chi connectivity index (χ0v) is 11.2. The summed E-state index contributed by atoms with van der Waals surface area (Å²) in [7, 11) is 1.69. The van der Waals surface area contributed by atoms with Crippen molar-refractivity contribution >= 4 is 27.7 Å². The van der Waals surface area contributed by atoms with Crippen LogP contribution in [0.1, 0.15) is 13.8 Å². The first kappa shape index (κ1) is 13.1. The number of rotatable bonds is 4. The molecule has 0 spiro atoms. The summed E-state index contributed by atoms with van der Waals surface area (Å²) in [5, 5.41) is 0. The Kier molecular flexibility index (Phi) is 4.89. The van der Waals surface area contributed by atoms with Crippen LogP contribution in [-0.4, -0.2) is 30.6 Å². The summed E-state index contributed by atoms with van der Waals surface area (Å²) in [4.78, 5) is 17.6. The van der Waals surface area contributed by atoms with Gasteiger partial charge in [-0.2, -0.15) is 0 Å². The number of nitrogens with zero attached hydrogens (tertiary/aromatic N) is 2. The standard InChI is InChI=1S/C11H15BrN2O2/c1-4-16-8(2)11(15)14(3)10-9(12)6-5-7-13-10/h5-8H,4H2,1-3H3. The van der Waals surface area contributed by atoms with Gasteiger partial charge in [-0.15, -0.1) is 0 Å². The van der Waals surface area contributed by atoms with E-state index in [1.54, 1.807) is 26.2 Å². The highest BCUT2D eigenvalue weighted by Gasteiger charge is 2.20. The number of pyridine rings is 1. The normalized spacial score (nSPS) is 12.2. The fourth-order valence-corrected chi connectivity index (χ4v) is 1.84. The maximum Gasteiger partial charge on any atom is 0.256 e. The summed E-state index contributed by atoms with van der Waals surface area (Å²) in [5.74, 6) is 0.486. The second kappa shape index (κ2) is 5.96. The Balaban J connectivity index is 2.82. The van der Waals surface area contributed by atoms with Crippen molar-refractivity contribution in [2.45, 2.75) is 20.0 Å². The summed E-state index contributed by atoms with van der Waals surface area (Å²) in [6.07, 6.45) is 1.19. The van der Waals surface area contributed by atoms with Crippen molar-refractivity contribution < 1.29 is 9.53 Å². The van der Waals surface area contributed by atoms with Crippen LogP contribution < -0.4 is 4.90 Å². The van der Waals surface area contributed by atoms with E-state index in [1.807, 2.05) is 13.0 Å². The molecule has 0 saturated carbocycles. The third kappa shape index (κ3) is 3.02. The number of aromatic nitrogens is 1. The molecule has 0 bridgehead atoms. The maximum atomic E-state index is 11.9. The van der Waals surface area contributed by atoms with Crippen molar-refractivity contribution in [2.24, 2.45) is 0 Å². The first-order chi connectivity index (χ1) is 7.57. The van der Waals surface area contributed by atoms with E-state index < -0.39 is 6.10 Å². The third-order valence-electron chi connectivity index (χ3n) is 2.15. The van der Waals surface area contributed by atoms with E-state index in [2.05, 4.69) is 20.9 Å². The predicted octanol–water partition coefficient (Wildman–Crippen LogP) is 2.23. The molecule has 16 heavy (non-hydrogen) atoms. The molecule has 1 aromatic heterocycles. The van der Waals surface area contributed by atoms with Crippen LogP contribution in [0.5, 0.6) is 0 Å². The zero-order chi connectivity index (χ0) is 12.1. The van der Waals surface area contributed by atoms with E-state index >= 15 is 0 Å². The number of likely N-dealkylation sites (N-methyl/N-ethyl adjacent to an activating group) is 1. The molecular weight excluding hydrogens is 272 g/mol. The number of anilines is 1. The molecule has 4 nitrogen and oxygen atoms in total. The smallest absolute Gasteiger partial charge is 0.256 e. The van der Waals surface area contributed by atoms with Crippen molar-refractivity contribution in [1.82, 2.24) is 4.98 Å². The summed E-state index contributed by atoms with van der Waals surface area (Å²) >= 11 is 3.36. The number of hydrogen-bond acceptors (Lipinski definition) is 3. The number of halogens is 1. The van der Waals surface area contributed by atoms with Crippen molar-refractivity contribution in [3.05, 3.63) is 22.8 Å². The van der Waals surface area contributed by atoms with Crippen LogP contribution >= 0.6 is 15.9 Å². The van der Waals surface area contributed by atoms with Crippen LogP contribution in [0.25, 0.3) is 0 Å². The number of amides is 1. The molecule has 0 saturated heterocycles. The molecule has 0 aromatic carbocycles. The SMILES string of the molecule is CCOC(C)C(=O)N(C)c1ncccc1Br. The lowest BCUT2D eigenvalue weighted by Gasteiger charge is -2.21. The van der Waals surface area contributed by atoms with Crippen molar-refractivity contribution in [3.8, 4) is 0 Å². The van der Waals surface area contributed by atoms with Gasteiger partial charge in [0.1, 0.15) is 11.9 Å². The highest BCUT2D eigenvalue weighted by atomic mass is 79.9. The van der Waals surface area contributed by atoms with Crippen LogP contribution in [0, 0.1) is 0 Å². The molecule has 0 aliphatic carbocycles. The molecule has 0 aliphatic rings. The second-order valence-electron chi connectivity index (χ2n) is 3.30. The summed E-state index contributed by atoms with van der Waals surface area (Å²) in [5.41, 5.74) is 0. The van der Waals surface area contributed by atoms with Gasteiger partial charge in [0.15, 0.2) is 0 Å². The first-order valence-corrected chi connectivity index (χ1v) is 5.87. The summed E-state index contributed by atoms with van der Waals surface area (Å²) in [6.45, 7) is 4.11. The van der Waals surface area contributed by atoms with Gasteiger partial charge in [0.25, 0.3) is 5.91 Å². The number of carbonyl (C=O) groups excluding carboxylic acids is 1. The quantitative estimate of drug-likeness (QED) is 0.853. The summed E-state index contributed by atoms with van der Waals surface area (Å²) < 4.78 is 6.04. The minimum absolute atomic E-state index is 0.110. The van der Waals surface area contributed by atoms with Gasteiger partial charge in [-0.1, -0.05) is 0 Å². The Bertz CT molecular complexity index is 371. The van der Waals surface area contributed by atoms with E-state index in [0.29, 0.717) is 12.4 Å². The molecule has 1 unspecified atom stereocenters. The van der Waals surface area contributed by atoms with Gasteiger partial charge in [-0.3, -0.25) is 9.69 Å². The number of carbonyl (C=O) groups is 1. The molecule has 5 heteroatoms. The van der Waals surface area contributed by atoms with Gasteiger partial charge in [0, 0.05) is 19.9 Å². The Hall–Kier alpha value is -0.940. The molecular formula is C11H15BrN2O2. The lowest BCUT2D eigenvalue weighted by Crippen LogP contribution is -2.37. The third-order valence-corrected chi connectivity index (χ3v) is 2.77. The van der Waals surface area contributed by atoms with E-state index in [4.69, 9.17) is 4.74 Å². The molecule has 0 N–H and O–H groups in total. The minimum Gasteiger partial charge on any atom is -0.369 e. The molecule has 0 aliphatic heterocycles. The van der Waals surface area contributed by atoms with Gasteiger partial charge in [0.2, 0.25) is 0 Å². The molecule has 1 atom stereocenters. The highest BCUT2D eigenvalue weighted by Crippen LogP contribution is 2.22. The van der Waals surface area contributed by atoms with E-state index in [9.17, 15) is 4.79 Å². The molecule has 1 amide bonds. The van der Waals surface area contributed by atoms with Gasteiger partial charge >= 0.3 is 0 Å². The lowest BCUT2D eigenvalue weighted by atomic mass is 10.3. The van der Waals surface area contributed by atoms with Gasteiger partial charge in [0.05, 0.1) is 4.47 Å². The fraction of sp³-hybridized carbons (Fsp3) is 0.455. The molecule has 1 heterocycles. The Morgan fingerprint density at radius 3 is 2.94 bits per heavy atom. The van der Waals surface area contributed by atoms with E-state index in [1.165, 1.54) is 4.90 Å². The molecule has 1 aromatic rings. The van der Waals surface area contributed by atoms with Crippen molar-refractivity contribution in [1.29, 1.82) is 0 Å². The average molecular weight is 287 g/mol. The topological polar surface area (TPSA) is 42.4 Å². The number of hydrogen-bond donors (Lipinski definition) is 0. The first-order valence-electron chi connectivity index (χ1n) is 5.07. The van der Waals surface area contributed by atoms with Crippen LogP contribution in [0.3, 0.4) is 0 Å². The summed E-state index contributed by atoms with van der Waals surface area (Å²) in [6, 6.07) is 3.65. The van der Waals surface area contributed by atoms with Crippen LogP contribution in [0.4, 0.5) is 5.82 Å².